The van der Waals surface area contributed by atoms with Gasteiger partial charge in [0, 0.05) is 35.9 Å². The third-order valence-corrected chi connectivity index (χ3v) is 3.09. The van der Waals surface area contributed by atoms with Crippen LogP contribution in [0.25, 0.3) is 0 Å². The number of pyridine rings is 1. The number of aromatic nitrogens is 1. The molecule has 0 saturated carbocycles. The minimum absolute atomic E-state index is 0.106. The van der Waals surface area contributed by atoms with Crippen molar-refractivity contribution in [1.29, 1.82) is 0 Å². The van der Waals surface area contributed by atoms with Gasteiger partial charge in [0.05, 0.1) is 0 Å². The number of hydrogen-bond acceptors (Lipinski definition) is 2. The average Bonchev–Trinajstić information content (AvgIpc) is 2.65. The molecule has 2 rings (SSSR count). The molecule has 1 unspecified atom stereocenters. The van der Waals surface area contributed by atoms with E-state index in [2.05, 4.69) is 20.9 Å². The Morgan fingerprint density at radius 3 is 2.79 bits per heavy atom. The van der Waals surface area contributed by atoms with Gasteiger partial charge in [-0.3, -0.25) is 9.78 Å². The molecular formula is C10H11BrN2O. The maximum absolute atomic E-state index is 11.9. The van der Waals surface area contributed by atoms with Crippen molar-refractivity contribution >= 4 is 21.8 Å². The first-order valence-corrected chi connectivity index (χ1v) is 5.52. The Morgan fingerprint density at radius 2 is 2.21 bits per heavy atom. The second kappa shape index (κ2) is 4.09. The topological polar surface area (TPSA) is 33.2 Å². The quantitative estimate of drug-likeness (QED) is 0.715. The number of hydrogen-bond donors (Lipinski definition) is 0. The largest absolute Gasteiger partial charge is 0.337 e. The molecule has 3 nitrogen and oxygen atoms in total. The van der Waals surface area contributed by atoms with Crippen LogP contribution in [-0.4, -0.2) is 33.7 Å². The monoisotopic (exact) mass is 254 g/mol. The van der Waals surface area contributed by atoms with Crippen molar-refractivity contribution in [3.8, 4) is 0 Å². The van der Waals surface area contributed by atoms with E-state index in [9.17, 15) is 4.79 Å². The molecule has 4 heteroatoms. The Bertz CT molecular complexity index is 328. The van der Waals surface area contributed by atoms with Crippen molar-refractivity contribution in [2.75, 3.05) is 13.1 Å². The Labute approximate surface area is 91.3 Å². The molecular weight excluding hydrogens is 244 g/mol. The number of alkyl halides is 1. The fourth-order valence-electron chi connectivity index (χ4n) is 1.58. The predicted octanol–water partition coefficient (Wildman–Crippen LogP) is 1.69. The highest BCUT2D eigenvalue weighted by Gasteiger charge is 2.24. The lowest BCUT2D eigenvalue weighted by Gasteiger charge is -2.14. The third kappa shape index (κ3) is 1.95. The van der Waals surface area contributed by atoms with E-state index in [0.717, 1.165) is 25.1 Å². The molecule has 1 atom stereocenters. The molecule has 0 spiro atoms. The molecule has 2 heterocycles. The van der Waals surface area contributed by atoms with E-state index in [1.165, 1.54) is 0 Å². The fourth-order valence-corrected chi connectivity index (χ4v) is 2.13. The highest BCUT2D eigenvalue weighted by Crippen LogP contribution is 2.18. The second-order valence-electron chi connectivity index (χ2n) is 3.37. The second-order valence-corrected chi connectivity index (χ2v) is 4.67. The number of rotatable bonds is 1. The Balaban J connectivity index is 2.10. The molecule has 0 N–H and O–H groups in total. The van der Waals surface area contributed by atoms with Gasteiger partial charge in [-0.2, -0.15) is 0 Å². The fraction of sp³-hybridized carbons (Fsp3) is 0.400. The normalized spacial score (nSPS) is 21.2. The maximum atomic E-state index is 11.9. The SMILES string of the molecule is O=C(c1ccncc1)N1CCC(Br)C1. The zero-order valence-electron chi connectivity index (χ0n) is 7.69. The molecule has 0 aliphatic carbocycles. The summed E-state index contributed by atoms with van der Waals surface area (Å²) in [6, 6.07) is 3.51. The zero-order chi connectivity index (χ0) is 9.97. The molecule has 74 valence electrons. The lowest BCUT2D eigenvalue weighted by molar-refractivity contribution is 0.0793. The number of halogens is 1. The number of likely N-dealkylation sites (tertiary alicyclic amines) is 1. The highest BCUT2D eigenvalue weighted by atomic mass is 79.9. The van der Waals surface area contributed by atoms with Gasteiger partial charge in [-0.25, -0.2) is 0 Å². The van der Waals surface area contributed by atoms with Gasteiger partial charge in [-0.05, 0) is 18.6 Å². The van der Waals surface area contributed by atoms with E-state index >= 15 is 0 Å². The summed E-state index contributed by atoms with van der Waals surface area (Å²) in [6.45, 7) is 1.65. The van der Waals surface area contributed by atoms with E-state index in [-0.39, 0.29) is 5.91 Å². The van der Waals surface area contributed by atoms with Gasteiger partial charge in [0.15, 0.2) is 0 Å². The van der Waals surface area contributed by atoms with E-state index < -0.39 is 0 Å². The predicted molar refractivity (Wildman–Crippen MR) is 57.5 cm³/mol. The lowest BCUT2D eigenvalue weighted by Crippen LogP contribution is -2.28. The summed E-state index contributed by atoms with van der Waals surface area (Å²) >= 11 is 3.51. The first-order chi connectivity index (χ1) is 6.77. The first-order valence-electron chi connectivity index (χ1n) is 4.61. The molecule has 1 fully saturated rings. The summed E-state index contributed by atoms with van der Waals surface area (Å²) in [6.07, 6.45) is 4.33. The van der Waals surface area contributed by atoms with Crippen molar-refractivity contribution in [2.24, 2.45) is 0 Å². The number of amides is 1. The van der Waals surface area contributed by atoms with Crippen molar-refractivity contribution in [3.63, 3.8) is 0 Å². The van der Waals surface area contributed by atoms with Crippen LogP contribution in [0.3, 0.4) is 0 Å². The highest BCUT2D eigenvalue weighted by molar-refractivity contribution is 9.09. The van der Waals surface area contributed by atoms with Gasteiger partial charge >= 0.3 is 0 Å². The number of carbonyl (C=O) groups is 1. The van der Waals surface area contributed by atoms with Gasteiger partial charge in [0.1, 0.15) is 0 Å². The van der Waals surface area contributed by atoms with E-state index in [4.69, 9.17) is 0 Å². The Morgan fingerprint density at radius 1 is 1.50 bits per heavy atom. The number of nitrogens with zero attached hydrogens (tertiary/aromatic N) is 2. The first kappa shape index (κ1) is 9.65. The van der Waals surface area contributed by atoms with Gasteiger partial charge in [-0.15, -0.1) is 0 Å². The van der Waals surface area contributed by atoms with Crippen LogP contribution in [0.1, 0.15) is 16.8 Å². The molecule has 1 amide bonds. The van der Waals surface area contributed by atoms with Crippen LogP contribution in [0.5, 0.6) is 0 Å². The van der Waals surface area contributed by atoms with Gasteiger partial charge in [0.2, 0.25) is 0 Å². The average molecular weight is 255 g/mol. The minimum Gasteiger partial charge on any atom is -0.337 e. The summed E-state index contributed by atoms with van der Waals surface area (Å²) in [5, 5.41) is 0. The summed E-state index contributed by atoms with van der Waals surface area (Å²) in [5.74, 6) is 0.106. The lowest BCUT2D eigenvalue weighted by atomic mass is 10.2. The molecule has 0 aromatic carbocycles. The van der Waals surface area contributed by atoms with Crippen LogP contribution >= 0.6 is 15.9 Å². The van der Waals surface area contributed by atoms with Crippen LogP contribution in [0.15, 0.2) is 24.5 Å². The van der Waals surface area contributed by atoms with Crippen molar-refractivity contribution in [3.05, 3.63) is 30.1 Å². The molecule has 14 heavy (non-hydrogen) atoms. The molecule has 1 aliphatic rings. The maximum Gasteiger partial charge on any atom is 0.254 e. The van der Waals surface area contributed by atoms with Gasteiger partial charge in [0.25, 0.3) is 5.91 Å². The van der Waals surface area contributed by atoms with Crippen LogP contribution in [0, 0.1) is 0 Å². The van der Waals surface area contributed by atoms with Crippen LogP contribution in [0.2, 0.25) is 0 Å². The van der Waals surface area contributed by atoms with E-state index in [0.29, 0.717) is 4.83 Å². The van der Waals surface area contributed by atoms with Crippen molar-refractivity contribution < 1.29 is 4.79 Å². The van der Waals surface area contributed by atoms with E-state index in [1.807, 2.05) is 4.90 Å². The van der Waals surface area contributed by atoms with Gasteiger partial charge < -0.3 is 4.90 Å². The molecule has 1 saturated heterocycles. The number of carbonyl (C=O) groups excluding carboxylic acids is 1. The molecule has 0 bridgehead atoms. The zero-order valence-corrected chi connectivity index (χ0v) is 9.27. The van der Waals surface area contributed by atoms with Crippen LogP contribution in [-0.2, 0) is 0 Å². The molecule has 0 radical (unpaired) electrons. The molecule has 1 aliphatic heterocycles. The molecule has 1 aromatic heterocycles. The minimum atomic E-state index is 0.106. The van der Waals surface area contributed by atoms with Crippen LogP contribution in [0.4, 0.5) is 0 Å². The van der Waals surface area contributed by atoms with E-state index in [1.54, 1.807) is 24.5 Å². The van der Waals surface area contributed by atoms with Crippen LogP contribution < -0.4 is 0 Å². The summed E-state index contributed by atoms with van der Waals surface area (Å²) in [7, 11) is 0. The summed E-state index contributed by atoms with van der Waals surface area (Å²) in [5.41, 5.74) is 0.724. The molecule has 1 aromatic rings. The smallest absolute Gasteiger partial charge is 0.254 e. The summed E-state index contributed by atoms with van der Waals surface area (Å²) in [4.78, 5) is 18.1. The van der Waals surface area contributed by atoms with Gasteiger partial charge in [-0.1, -0.05) is 15.9 Å². The van der Waals surface area contributed by atoms with Crippen molar-refractivity contribution in [1.82, 2.24) is 9.88 Å². The summed E-state index contributed by atoms with van der Waals surface area (Å²) < 4.78 is 0. The standard InChI is InChI=1S/C10H11BrN2O/c11-9-3-6-13(7-9)10(14)8-1-4-12-5-2-8/h1-2,4-5,9H,3,6-7H2. The third-order valence-electron chi connectivity index (χ3n) is 2.35. The Hall–Kier alpha value is -0.900. The van der Waals surface area contributed by atoms with Crippen molar-refractivity contribution in [2.45, 2.75) is 11.2 Å². The Kier molecular flexibility index (Phi) is 2.82.